The van der Waals surface area contributed by atoms with Gasteiger partial charge in [-0.15, -0.1) is 0 Å². The van der Waals surface area contributed by atoms with Crippen LogP contribution in [0, 0.1) is 11.8 Å². The minimum absolute atomic E-state index is 0.146. The Hall–Kier alpha value is -3.23. The standard InChI is InChI=1S/C20H22N6O3/c1-10(11-2-3-11)16(17(21)27)26-18(28)20(23-19(26)29)7-6-12-8-13(4-5-14(12)20)15-9-22-25-24-15/h4-5,8-11,16H,2-3,6-7H2,1H3,(H2,21,27)(H,23,29)(H,22,24,25)/t10-,16?,20-/m0/s1. The maximum atomic E-state index is 13.5. The number of fused-ring (bicyclic) bond motifs is 2. The number of imide groups is 1. The highest BCUT2D eigenvalue weighted by Gasteiger charge is 2.59. The van der Waals surface area contributed by atoms with E-state index >= 15 is 0 Å². The number of H-pyrrole nitrogens is 1. The lowest BCUT2D eigenvalue weighted by molar-refractivity contribution is -0.139. The number of aryl methyl sites for hydroxylation is 1. The van der Waals surface area contributed by atoms with E-state index in [1.54, 1.807) is 6.20 Å². The van der Waals surface area contributed by atoms with E-state index in [4.69, 9.17) is 5.73 Å². The van der Waals surface area contributed by atoms with Gasteiger partial charge in [0, 0.05) is 5.56 Å². The molecule has 0 radical (unpaired) electrons. The third-order valence-electron chi connectivity index (χ3n) is 6.60. The van der Waals surface area contributed by atoms with Crippen LogP contribution in [0.15, 0.2) is 24.4 Å². The van der Waals surface area contributed by atoms with Crippen molar-refractivity contribution >= 4 is 17.8 Å². The Kier molecular flexibility index (Phi) is 3.77. The fourth-order valence-electron chi connectivity index (χ4n) is 4.87. The number of amides is 4. The molecule has 9 nitrogen and oxygen atoms in total. The number of nitrogens with zero attached hydrogens (tertiary/aromatic N) is 3. The van der Waals surface area contributed by atoms with Crippen molar-refractivity contribution in [2.24, 2.45) is 17.6 Å². The van der Waals surface area contributed by atoms with Crippen molar-refractivity contribution < 1.29 is 14.4 Å². The first-order chi connectivity index (χ1) is 13.9. The first-order valence-electron chi connectivity index (χ1n) is 9.87. The van der Waals surface area contributed by atoms with Gasteiger partial charge in [0.25, 0.3) is 5.91 Å². The van der Waals surface area contributed by atoms with Gasteiger partial charge < -0.3 is 11.1 Å². The van der Waals surface area contributed by atoms with Crippen LogP contribution in [-0.2, 0) is 21.5 Å². The molecule has 2 heterocycles. The Morgan fingerprint density at radius 1 is 1.34 bits per heavy atom. The SMILES string of the molecule is C[C@@H](C1CC1)C(C(N)=O)N1C(=O)N[C@]2(CCc3cc(-c4cn[nH]n4)ccc32)C1=O. The number of hydrogen-bond donors (Lipinski definition) is 3. The number of benzene rings is 1. The number of nitrogens with two attached hydrogens (primary N) is 1. The lowest BCUT2D eigenvalue weighted by Crippen LogP contribution is -2.53. The van der Waals surface area contributed by atoms with Gasteiger partial charge in [0.05, 0.1) is 6.20 Å². The number of carbonyl (C=O) groups excluding carboxylic acids is 3. The Balaban J connectivity index is 1.51. The van der Waals surface area contributed by atoms with E-state index in [1.807, 2.05) is 25.1 Å². The summed E-state index contributed by atoms with van der Waals surface area (Å²) in [6.45, 7) is 1.89. The van der Waals surface area contributed by atoms with Crippen molar-refractivity contribution in [1.29, 1.82) is 0 Å². The zero-order valence-corrected chi connectivity index (χ0v) is 16.0. The topological polar surface area (TPSA) is 134 Å². The van der Waals surface area contributed by atoms with Gasteiger partial charge in [-0.25, -0.2) is 9.69 Å². The molecule has 1 unspecified atom stereocenters. The minimum atomic E-state index is -1.13. The Labute approximate surface area is 167 Å². The number of urea groups is 1. The van der Waals surface area contributed by atoms with Gasteiger partial charge in [-0.1, -0.05) is 19.1 Å². The quantitative estimate of drug-likeness (QED) is 0.652. The van der Waals surface area contributed by atoms with Crippen LogP contribution in [0.1, 0.15) is 37.3 Å². The maximum Gasteiger partial charge on any atom is 0.326 e. The lowest BCUT2D eigenvalue weighted by atomic mass is 9.89. The van der Waals surface area contributed by atoms with Crippen LogP contribution >= 0.6 is 0 Å². The smallest absolute Gasteiger partial charge is 0.326 e. The number of hydrogen-bond acceptors (Lipinski definition) is 5. The highest BCUT2D eigenvalue weighted by atomic mass is 16.2. The van der Waals surface area contributed by atoms with Crippen LogP contribution < -0.4 is 11.1 Å². The summed E-state index contributed by atoms with van der Waals surface area (Å²) in [6.07, 6.45) is 4.71. The van der Waals surface area contributed by atoms with Gasteiger partial charge in [-0.2, -0.15) is 15.4 Å². The normalized spacial score (nSPS) is 25.2. The molecular weight excluding hydrogens is 372 g/mol. The summed E-state index contributed by atoms with van der Waals surface area (Å²) in [5, 5.41) is 13.4. The van der Waals surface area contributed by atoms with E-state index in [0.717, 1.165) is 34.4 Å². The zero-order chi connectivity index (χ0) is 20.3. The predicted molar refractivity (Wildman–Crippen MR) is 102 cm³/mol. The first kappa shape index (κ1) is 17.8. The number of aromatic amines is 1. The summed E-state index contributed by atoms with van der Waals surface area (Å²) in [5.74, 6) is -0.838. The molecule has 0 bridgehead atoms. The van der Waals surface area contributed by atoms with Crippen molar-refractivity contribution in [3.63, 3.8) is 0 Å². The van der Waals surface area contributed by atoms with E-state index in [-0.39, 0.29) is 11.8 Å². The molecule has 3 aliphatic rings. The second-order valence-electron chi connectivity index (χ2n) is 8.28. The molecule has 1 spiro atoms. The first-order valence-corrected chi connectivity index (χ1v) is 9.87. The molecule has 2 aliphatic carbocycles. The molecule has 2 aromatic rings. The monoisotopic (exact) mass is 394 g/mol. The molecule has 2 fully saturated rings. The Morgan fingerprint density at radius 2 is 2.14 bits per heavy atom. The predicted octanol–water partition coefficient (Wildman–Crippen LogP) is 1.07. The molecule has 29 heavy (non-hydrogen) atoms. The third kappa shape index (κ3) is 2.56. The molecule has 3 atom stereocenters. The zero-order valence-electron chi connectivity index (χ0n) is 16.0. The van der Waals surface area contributed by atoms with Gasteiger partial charge in [0.15, 0.2) is 0 Å². The van der Waals surface area contributed by atoms with E-state index in [2.05, 4.69) is 20.7 Å². The average molecular weight is 394 g/mol. The summed E-state index contributed by atoms with van der Waals surface area (Å²) in [4.78, 5) is 39.7. The van der Waals surface area contributed by atoms with Crippen LogP contribution in [0.2, 0.25) is 0 Å². The Bertz CT molecular complexity index is 1020. The van der Waals surface area contributed by atoms with Crippen LogP contribution in [0.25, 0.3) is 11.3 Å². The Morgan fingerprint density at radius 3 is 2.79 bits per heavy atom. The van der Waals surface area contributed by atoms with E-state index in [9.17, 15) is 14.4 Å². The second kappa shape index (κ2) is 6.13. The largest absolute Gasteiger partial charge is 0.368 e. The van der Waals surface area contributed by atoms with Crippen LogP contribution in [-0.4, -0.2) is 44.2 Å². The number of aromatic nitrogens is 3. The summed E-state index contributed by atoms with van der Waals surface area (Å²) in [7, 11) is 0. The third-order valence-corrected chi connectivity index (χ3v) is 6.60. The van der Waals surface area contributed by atoms with Crippen LogP contribution in [0.4, 0.5) is 4.79 Å². The van der Waals surface area contributed by atoms with Gasteiger partial charge >= 0.3 is 6.03 Å². The molecule has 4 amide bonds. The van der Waals surface area contributed by atoms with Crippen LogP contribution in [0.5, 0.6) is 0 Å². The van der Waals surface area contributed by atoms with Crippen molar-refractivity contribution in [3.8, 4) is 11.3 Å². The minimum Gasteiger partial charge on any atom is -0.368 e. The average Bonchev–Trinajstić information content (AvgIpc) is 3.19. The van der Waals surface area contributed by atoms with Gasteiger partial charge in [0.1, 0.15) is 17.3 Å². The maximum absolute atomic E-state index is 13.5. The van der Waals surface area contributed by atoms with Crippen molar-refractivity contribution in [2.75, 3.05) is 0 Å². The van der Waals surface area contributed by atoms with Crippen molar-refractivity contribution in [2.45, 2.75) is 44.2 Å². The molecule has 1 saturated carbocycles. The molecule has 4 N–H and O–H groups in total. The highest BCUT2D eigenvalue weighted by molar-refractivity contribution is 6.10. The van der Waals surface area contributed by atoms with Crippen LogP contribution in [0.3, 0.4) is 0 Å². The summed E-state index contributed by atoms with van der Waals surface area (Å²) in [5.41, 5.74) is 7.85. The van der Waals surface area contributed by atoms with E-state index in [1.165, 1.54) is 0 Å². The molecule has 9 heteroatoms. The molecular formula is C20H22N6O3. The molecule has 150 valence electrons. The van der Waals surface area contributed by atoms with Gasteiger partial charge in [0.2, 0.25) is 5.91 Å². The van der Waals surface area contributed by atoms with E-state index in [0.29, 0.717) is 24.5 Å². The summed E-state index contributed by atoms with van der Waals surface area (Å²) >= 11 is 0. The summed E-state index contributed by atoms with van der Waals surface area (Å²) < 4.78 is 0. The van der Waals surface area contributed by atoms with Gasteiger partial charge in [-0.3, -0.25) is 9.59 Å². The van der Waals surface area contributed by atoms with Crippen molar-refractivity contribution in [1.82, 2.24) is 25.6 Å². The molecule has 1 aliphatic heterocycles. The molecule has 1 aromatic heterocycles. The van der Waals surface area contributed by atoms with Crippen molar-refractivity contribution in [3.05, 3.63) is 35.5 Å². The fraction of sp³-hybridized carbons (Fsp3) is 0.450. The molecule has 5 rings (SSSR count). The number of primary amides is 1. The number of rotatable bonds is 5. The second-order valence-corrected chi connectivity index (χ2v) is 8.28. The fourth-order valence-corrected chi connectivity index (χ4v) is 4.87. The number of carbonyl (C=O) groups is 3. The highest BCUT2D eigenvalue weighted by Crippen LogP contribution is 2.45. The lowest BCUT2D eigenvalue weighted by Gasteiger charge is -2.29. The van der Waals surface area contributed by atoms with Gasteiger partial charge in [-0.05, 0) is 54.7 Å². The van der Waals surface area contributed by atoms with E-state index < -0.39 is 23.5 Å². The molecule has 1 saturated heterocycles. The summed E-state index contributed by atoms with van der Waals surface area (Å²) in [6, 6.07) is 4.23. The molecule has 1 aromatic carbocycles. The number of nitrogens with one attached hydrogen (secondary N) is 2.